The summed E-state index contributed by atoms with van der Waals surface area (Å²) in [5.41, 5.74) is 2.48. The third-order valence-electron chi connectivity index (χ3n) is 3.02. The fourth-order valence-corrected chi connectivity index (χ4v) is 2.12. The van der Waals surface area contributed by atoms with Crippen molar-refractivity contribution in [2.75, 3.05) is 5.32 Å². The predicted molar refractivity (Wildman–Crippen MR) is 62.1 cm³/mol. The van der Waals surface area contributed by atoms with Crippen LogP contribution in [0.3, 0.4) is 0 Å². The lowest BCUT2D eigenvalue weighted by Crippen LogP contribution is -2.28. The van der Waals surface area contributed by atoms with Crippen molar-refractivity contribution in [1.29, 1.82) is 0 Å². The highest BCUT2D eigenvalue weighted by Crippen LogP contribution is 2.24. The van der Waals surface area contributed by atoms with Crippen molar-refractivity contribution in [3.05, 3.63) is 29.8 Å². The Morgan fingerprint density at radius 2 is 2.27 bits per heavy atom. The molecule has 1 unspecified atom stereocenters. The zero-order chi connectivity index (χ0) is 10.7. The molecule has 0 saturated carbocycles. The molecule has 2 heteroatoms. The summed E-state index contributed by atoms with van der Waals surface area (Å²) in [5, 5.41) is 3.36. The van der Waals surface area contributed by atoms with E-state index in [-0.39, 0.29) is 6.04 Å². The molecule has 1 aliphatic rings. The first-order valence-corrected chi connectivity index (χ1v) is 5.68. The van der Waals surface area contributed by atoms with Crippen molar-refractivity contribution in [3.63, 3.8) is 0 Å². The third-order valence-corrected chi connectivity index (χ3v) is 3.02. The maximum atomic E-state index is 11.7. The van der Waals surface area contributed by atoms with Crippen LogP contribution in [0.25, 0.3) is 0 Å². The van der Waals surface area contributed by atoms with Gasteiger partial charge in [-0.2, -0.15) is 0 Å². The van der Waals surface area contributed by atoms with Gasteiger partial charge < -0.3 is 5.32 Å². The Morgan fingerprint density at radius 3 is 3.07 bits per heavy atom. The van der Waals surface area contributed by atoms with E-state index in [1.807, 2.05) is 13.0 Å². The minimum atomic E-state index is 0.0265. The largest absolute Gasteiger partial charge is 0.375 e. The van der Waals surface area contributed by atoms with Gasteiger partial charge in [0.1, 0.15) is 0 Å². The second kappa shape index (κ2) is 4.47. The number of anilines is 1. The Morgan fingerprint density at radius 1 is 1.47 bits per heavy atom. The SMILES string of the molecule is CCC(=O)C1CCCc2ccccc2N1. The molecule has 0 spiro atoms. The Kier molecular flexibility index (Phi) is 3.05. The fourth-order valence-electron chi connectivity index (χ4n) is 2.12. The average molecular weight is 203 g/mol. The molecule has 1 heterocycles. The molecule has 1 aliphatic heterocycles. The number of para-hydroxylation sites is 1. The van der Waals surface area contributed by atoms with Crippen LogP contribution in [0.5, 0.6) is 0 Å². The molecule has 80 valence electrons. The topological polar surface area (TPSA) is 29.1 Å². The molecule has 0 fully saturated rings. The van der Waals surface area contributed by atoms with Crippen molar-refractivity contribution in [1.82, 2.24) is 0 Å². The second-order valence-corrected chi connectivity index (χ2v) is 4.07. The van der Waals surface area contributed by atoms with E-state index in [1.165, 1.54) is 5.56 Å². The number of nitrogens with one attached hydrogen (secondary N) is 1. The Labute approximate surface area is 90.7 Å². The summed E-state index contributed by atoms with van der Waals surface area (Å²) in [4.78, 5) is 11.7. The van der Waals surface area contributed by atoms with Crippen molar-refractivity contribution in [2.24, 2.45) is 0 Å². The van der Waals surface area contributed by atoms with Crippen molar-refractivity contribution >= 4 is 11.5 Å². The summed E-state index contributed by atoms with van der Waals surface area (Å²) < 4.78 is 0. The van der Waals surface area contributed by atoms with Gasteiger partial charge in [-0.3, -0.25) is 4.79 Å². The minimum absolute atomic E-state index is 0.0265. The van der Waals surface area contributed by atoms with Crippen molar-refractivity contribution in [2.45, 2.75) is 38.6 Å². The van der Waals surface area contributed by atoms with Crippen LogP contribution in [-0.2, 0) is 11.2 Å². The van der Waals surface area contributed by atoms with Gasteiger partial charge in [-0.15, -0.1) is 0 Å². The maximum absolute atomic E-state index is 11.7. The van der Waals surface area contributed by atoms with Gasteiger partial charge in [0.15, 0.2) is 5.78 Å². The predicted octanol–water partition coefficient (Wildman–Crippen LogP) is 2.78. The van der Waals surface area contributed by atoms with E-state index < -0.39 is 0 Å². The molecule has 0 aliphatic carbocycles. The minimum Gasteiger partial charge on any atom is -0.375 e. The zero-order valence-electron chi connectivity index (χ0n) is 9.12. The third kappa shape index (κ3) is 2.20. The summed E-state index contributed by atoms with van der Waals surface area (Å²) in [6.45, 7) is 1.93. The summed E-state index contributed by atoms with van der Waals surface area (Å²) in [6.07, 6.45) is 3.76. The zero-order valence-corrected chi connectivity index (χ0v) is 9.12. The smallest absolute Gasteiger partial charge is 0.154 e. The van der Waals surface area contributed by atoms with Crippen LogP contribution in [0.2, 0.25) is 0 Å². The molecule has 0 radical (unpaired) electrons. The van der Waals surface area contributed by atoms with E-state index >= 15 is 0 Å². The number of aryl methyl sites for hydroxylation is 1. The lowest BCUT2D eigenvalue weighted by atomic mass is 10.0. The number of ketones is 1. The van der Waals surface area contributed by atoms with Gasteiger partial charge in [0.2, 0.25) is 0 Å². The summed E-state index contributed by atoms with van der Waals surface area (Å²) in [5.74, 6) is 0.326. The first-order valence-electron chi connectivity index (χ1n) is 5.68. The van der Waals surface area contributed by atoms with Crippen molar-refractivity contribution < 1.29 is 4.79 Å². The Bertz CT molecular complexity index is 359. The molecule has 0 saturated heterocycles. The summed E-state index contributed by atoms with van der Waals surface area (Å²) in [6, 6.07) is 8.31. The molecule has 1 aromatic carbocycles. The van der Waals surface area contributed by atoms with Gasteiger partial charge >= 0.3 is 0 Å². The van der Waals surface area contributed by atoms with Gasteiger partial charge in [0.05, 0.1) is 6.04 Å². The number of fused-ring (bicyclic) bond motifs is 1. The van der Waals surface area contributed by atoms with Gasteiger partial charge in [-0.25, -0.2) is 0 Å². The monoisotopic (exact) mass is 203 g/mol. The first-order chi connectivity index (χ1) is 7.31. The van der Waals surface area contributed by atoms with E-state index in [1.54, 1.807) is 0 Å². The quantitative estimate of drug-likeness (QED) is 0.800. The van der Waals surface area contributed by atoms with Gasteiger partial charge in [0.25, 0.3) is 0 Å². The molecular formula is C13H17NO. The number of hydrogen-bond acceptors (Lipinski definition) is 2. The van der Waals surface area contributed by atoms with E-state index in [2.05, 4.69) is 23.5 Å². The fraction of sp³-hybridized carbons (Fsp3) is 0.462. The van der Waals surface area contributed by atoms with E-state index in [9.17, 15) is 4.79 Å². The second-order valence-electron chi connectivity index (χ2n) is 4.07. The lowest BCUT2D eigenvalue weighted by molar-refractivity contribution is -0.119. The molecule has 0 aromatic heterocycles. The summed E-state index contributed by atoms with van der Waals surface area (Å²) in [7, 11) is 0. The number of carbonyl (C=O) groups is 1. The molecule has 0 amide bonds. The normalized spacial score (nSPS) is 19.9. The van der Waals surface area contributed by atoms with Gasteiger partial charge in [-0.05, 0) is 30.9 Å². The molecule has 2 rings (SSSR count). The lowest BCUT2D eigenvalue weighted by Gasteiger charge is -2.15. The van der Waals surface area contributed by atoms with Crippen LogP contribution in [0.15, 0.2) is 24.3 Å². The Balaban J connectivity index is 2.21. The van der Waals surface area contributed by atoms with E-state index in [0.29, 0.717) is 12.2 Å². The highest BCUT2D eigenvalue weighted by Gasteiger charge is 2.19. The van der Waals surface area contributed by atoms with Crippen LogP contribution in [0.4, 0.5) is 5.69 Å². The van der Waals surface area contributed by atoms with Crippen LogP contribution < -0.4 is 5.32 Å². The number of carbonyl (C=O) groups excluding carboxylic acids is 1. The number of hydrogen-bond donors (Lipinski definition) is 1. The Hall–Kier alpha value is -1.31. The molecule has 2 nitrogen and oxygen atoms in total. The van der Waals surface area contributed by atoms with Gasteiger partial charge in [-0.1, -0.05) is 25.1 Å². The van der Waals surface area contributed by atoms with Crippen LogP contribution in [0.1, 0.15) is 31.7 Å². The molecule has 1 aromatic rings. The molecule has 1 N–H and O–H groups in total. The molecule has 1 atom stereocenters. The first kappa shape index (κ1) is 10.2. The number of Topliss-reactive ketones (excluding diaryl/α,β-unsaturated/α-hetero) is 1. The molecular weight excluding hydrogens is 186 g/mol. The van der Waals surface area contributed by atoms with Crippen LogP contribution in [0, 0.1) is 0 Å². The summed E-state index contributed by atoms with van der Waals surface area (Å²) >= 11 is 0. The van der Waals surface area contributed by atoms with Crippen molar-refractivity contribution in [3.8, 4) is 0 Å². The average Bonchev–Trinajstić information content (AvgIpc) is 2.49. The number of benzene rings is 1. The van der Waals surface area contributed by atoms with Crippen LogP contribution in [-0.4, -0.2) is 11.8 Å². The highest BCUT2D eigenvalue weighted by atomic mass is 16.1. The highest BCUT2D eigenvalue weighted by molar-refractivity contribution is 5.86. The number of rotatable bonds is 2. The van der Waals surface area contributed by atoms with Crippen LogP contribution >= 0.6 is 0 Å². The van der Waals surface area contributed by atoms with E-state index in [0.717, 1.165) is 24.9 Å². The van der Waals surface area contributed by atoms with Gasteiger partial charge in [0, 0.05) is 12.1 Å². The van der Waals surface area contributed by atoms with E-state index in [4.69, 9.17) is 0 Å². The maximum Gasteiger partial charge on any atom is 0.154 e. The molecule has 15 heavy (non-hydrogen) atoms. The molecule has 0 bridgehead atoms. The standard InChI is InChI=1S/C13H17NO/c1-2-13(15)12-9-5-7-10-6-3-4-8-11(10)14-12/h3-4,6,8,12,14H,2,5,7,9H2,1H3.